The zero-order valence-electron chi connectivity index (χ0n) is 16.0. The summed E-state index contributed by atoms with van der Waals surface area (Å²) < 4.78 is 19.0. The molecule has 4 rings (SSSR count). The normalized spacial score (nSPS) is 13.6. The molecule has 0 unspecified atom stereocenters. The molecule has 0 atom stereocenters. The maximum absolute atomic E-state index is 13.6. The van der Waals surface area contributed by atoms with E-state index in [2.05, 4.69) is 28.1 Å². The second-order valence-corrected chi connectivity index (χ2v) is 8.14. The zero-order chi connectivity index (χ0) is 20.3. The first-order valence-electron chi connectivity index (χ1n) is 9.84. The van der Waals surface area contributed by atoms with Crippen molar-refractivity contribution in [1.29, 1.82) is 0 Å². The number of esters is 1. The van der Waals surface area contributed by atoms with Crippen LogP contribution in [-0.2, 0) is 21.6 Å². The first-order chi connectivity index (χ1) is 14.2. The summed E-state index contributed by atoms with van der Waals surface area (Å²) in [6.45, 7) is 0.129. The van der Waals surface area contributed by atoms with Crippen molar-refractivity contribution in [2.75, 3.05) is 5.33 Å². The van der Waals surface area contributed by atoms with E-state index in [9.17, 15) is 9.18 Å². The lowest BCUT2D eigenvalue weighted by Gasteiger charge is -2.30. The highest BCUT2D eigenvalue weighted by molar-refractivity contribution is 9.09. The summed E-state index contributed by atoms with van der Waals surface area (Å²) in [5.41, 5.74) is 4.19. The molecule has 3 aromatic rings. The first kappa shape index (κ1) is 19.8. The third-order valence-electron chi connectivity index (χ3n) is 5.63. The van der Waals surface area contributed by atoms with Gasteiger partial charge >= 0.3 is 5.97 Å². The third-order valence-corrected chi connectivity index (χ3v) is 6.19. The van der Waals surface area contributed by atoms with E-state index < -0.39 is 5.41 Å². The SMILES string of the molecule is O=C(OCc1ccc(F)cc1)C1(CCCCBr)c2ccccc2-c2ccccc21. The minimum Gasteiger partial charge on any atom is -0.460 e. The molecule has 0 amide bonds. The highest BCUT2D eigenvalue weighted by atomic mass is 79.9. The van der Waals surface area contributed by atoms with Gasteiger partial charge in [-0.2, -0.15) is 0 Å². The molecule has 0 aliphatic heterocycles. The standard InChI is InChI=1S/C25H22BrFO2/c26-16-6-5-15-25(24(28)29-17-18-11-13-19(27)14-12-18)22-9-3-1-7-20(22)21-8-2-4-10-23(21)25/h1-4,7-14H,5-6,15-17H2. The smallest absolute Gasteiger partial charge is 0.321 e. The Morgan fingerprint density at radius 2 is 1.45 bits per heavy atom. The molecule has 0 fully saturated rings. The van der Waals surface area contributed by atoms with E-state index in [0.717, 1.165) is 46.0 Å². The van der Waals surface area contributed by atoms with Gasteiger partial charge in [-0.25, -0.2) is 4.39 Å². The highest BCUT2D eigenvalue weighted by Gasteiger charge is 2.49. The molecule has 0 radical (unpaired) electrons. The van der Waals surface area contributed by atoms with Crippen LogP contribution < -0.4 is 0 Å². The second kappa shape index (κ2) is 8.50. The molecule has 2 nitrogen and oxygen atoms in total. The lowest BCUT2D eigenvalue weighted by molar-refractivity contribution is -0.150. The van der Waals surface area contributed by atoms with Crippen LogP contribution in [0.5, 0.6) is 0 Å². The van der Waals surface area contributed by atoms with Crippen molar-refractivity contribution in [2.24, 2.45) is 0 Å². The van der Waals surface area contributed by atoms with E-state index in [0.29, 0.717) is 6.42 Å². The molecule has 4 heteroatoms. The summed E-state index contributed by atoms with van der Waals surface area (Å²) in [7, 11) is 0. The van der Waals surface area contributed by atoms with Gasteiger partial charge in [0, 0.05) is 5.33 Å². The highest BCUT2D eigenvalue weighted by Crippen LogP contribution is 2.52. The average Bonchev–Trinajstić information content (AvgIpc) is 3.05. The van der Waals surface area contributed by atoms with Crippen molar-refractivity contribution < 1.29 is 13.9 Å². The second-order valence-electron chi connectivity index (χ2n) is 7.35. The van der Waals surface area contributed by atoms with E-state index in [1.54, 1.807) is 12.1 Å². The Bertz CT molecular complexity index is 968. The number of fused-ring (bicyclic) bond motifs is 3. The molecule has 0 aromatic heterocycles. The molecule has 29 heavy (non-hydrogen) atoms. The van der Waals surface area contributed by atoms with E-state index in [4.69, 9.17) is 4.74 Å². The number of halogens is 2. The Kier molecular flexibility index (Phi) is 5.81. The zero-order valence-corrected chi connectivity index (χ0v) is 17.6. The molecular weight excluding hydrogens is 431 g/mol. The summed E-state index contributed by atoms with van der Waals surface area (Å²) in [5.74, 6) is -0.543. The lowest BCUT2D eigenvalue weighted by Crippen LogP contribution is -2.37. The van der Waals surface area contributed by atoms with Crippen LogP contribution in [-0.4, -0.2) is 11.3 Å². The Hall–Kier alpha value is -2.46. The Morgan fingerprint density at radius 3 is 2.03 bits per heavy atom. The quantitative estimate of drug-likeness (QED) is 0.235. The maximum atomic E-state index is 13.6. The van der Waals surface area contributed by atoms with Crippen LogP contribution in [0.2, 0.25) is 0 Å². The summed E-state index contributed by atoms with van der Waals surface area (Å²) in [4.78, 5) is 13.6. The van der Waals surface area contributed by atoms with Gasteiger partial charge in [0.25, 0.3) is 0 Å². The van der Waals surface area contributed by atoms with E-state index in [1.165, 1.54) is 12.1 Å². The average molecular weight is 453 g/mol. The Labute approximate surface area is 178 Å². The lowest BCUT2D eigenvalue weighted by atomic mass is 9.74. The molecule has 0 bridgehead atoms. The molecule has 3 aromatic carbocycles. The van der Waals surface area contributed by atoms with Gasteiger partial charge in [0.1, 0.15) is 17.8 Å². The number of hydrogen-bond acceptors (Lipinski definition) is 2. The number of benzene rings is 3. The molecule has 0 saturated carbocycles. The van der Waals surface area contributed by atoms with Crippen molar-refractivity contribution in [3.05, 3.63) is 95.3 Å². The number of unbranched alkanes of at least 4 members (excludes halogenated alkanes) is 1. The molecule has 0 N–H and O–H groups in total. The van der Waals surface area contributed by atoms with Crippen LogP contribution in [0.1, 0.15) is 36.0 Å². The fraction of sp³-hybridized carbons (Fsp3) is 0.240. The van der Waals surface area contributed by atoms with E-state index >= 15 is 0 Å². The Balaban J connectivity index is 1.72. The number of hydrogen-bond donors (Lipinski definition) is 0. The van der Waals surface area contributed by atoms with Gasteiger partial charge < -0.3 is 4.74 Å². The summed E-state index contributed by atoms with van der Waals surface area (Å²) in [6.07, 6.45) is 2.58. The minimum atomic E-state index is -0.810. The van der Waals surface area contributed by atoms with Crippen molar-refractivity contribution >= 4 is 21.9 Å². The molecule has 0 spiro atoms. The van der Waals surface area contributed by atoms with Crippen molar-refractivity contribution in [3.8, 4) is 11.1 Å². The number of carbonyl (C=O) groups is 1. The van der Waals surface area contributed by atoms with Gasteiger partial charge in [0.15, 0.2) is 0 Å². The van der Waals surface area contributed by atoms with Crippen LogP contribution in [0.4, 0.5) is 4.39 Å². The number of alkyl halides is 1. The van der Waals surface area contributed by atoms with Crippen LogP contribution in [0.15, 0.2) is 72.8 Å². The Morgan fingerprint density at radius 1 is 0.862 bits per heavy atom. The largest absolute Gasteiger partial charge is 0.460 e. The number of carbonyl (C=O) groups excluding carboxylic acids is 1. The number of ether oxygens (including phenoxy) is 1. The predicted molar refractivity (Wildman–Crippen MR) is 116 cm³/mol. The fourth-order valence-electron chi connectivity index (χ4n) is 4.25. The number of rotatable bonds is 7. The minimum absolute atomic E-state index is 0.129. The van der Waals surface area contributed by atoms with E-state index in [-0.39, 0.29) is 18.4 Å². The first-order valence-corrected chi connectivity index (χ1v) is 11.0. The molecular formula is C25H22BrFO2. The van der Waals surface area contributed by atoms with Gasteiger partial charge in [-0.3, -0.25) is 4.79 Å². The maximum Gasteiger partial charge on any atom is 0.321 e. The summed E-state index contributed by atoms with van der Waals surface area (Å²) in [6, 6.07) is 22.3. The topological polar surface area (TPSA) is 26.3 Å². The third kappa shape index (κ3) is 3.62. The van der Waals surface area contributed by atoms with Gasteiger partial charge in [-0.1, -0.05) is 83.0 Å². The van der Waals surface area contributed by atoms with Crippen LogP contribution in [0.25, 0.3) is 11.1 Å². The van der Waals surface area contributed by atoms with Crippen molar-refractivity contribution in [1.82, 2.24) is 0 Å². The fourth-order valence-corrected chi connectivity index (χ4v) is 4.65. The van der Waals surface area contributed by atoms with Gasteiger partial charge in [0.05, 0.1) is 0 Å². The predicted octanol–water partition coefficient (Wildman–Crippen LogP) is 6.40. The van der Waals surface area contributed by atoms with Gasteiger partial charge in [-0.15, -0.1) is 0 Å². The molecule has 148 valence electrons. The van der Waals surface area contributed by atoms with Crippen LogP contribution >= 0.6 is 15.9 Å². The van der Waals surface area contributed by atoms with Crippen LogP contribution in [0.3, 0.4) is 0 Å². The molecule has 1 aliphatic rings. The van der Waals surface area contributed by atoms with Crippen molar-refractivity contribution in [2.45, 2.75) is 31.3 Å². The monoisotopic (exact) mass is 452 g/mol. The molecule has 0 saturated heterocycles. The van der Waals surface area contributed by atoms with Crippen molar-refractivity contribution in [3.63, 3.8) is 0 Å². The molecule has 1 aliphatic carbocycles. The van der Waals surface area contributed by atoms with Crippen LogP contribution in [0, 0.1) is 5.82 Å². The molecule has 0 heterocycles. The summed E-state index contributed by atoms with van der Waals surface area (Å²) >= 11 is 3.50. The van der Waals surface area contributed by atoms with Gasteiger partial charge in [-0.05, 0) is 52.8 Å². The van der Waals surface area contributed by atoms with E-state index in [1.807, 2.05) is 36.4 Å². The summed E-state index contributed by atoms with van der Waals surface area (Å²) in [5, 5.41) is 0.900. The van der Waals surface area contributed by atoms with Gasteiger partial charge in [0.2, 0.25) is 0 Å².